The lowest BCUT2D eigenvalue weighted by atomic mass is 9.93. The Kier molecular flexibility index (Phi) is 4.35. The molecule has 1 aliphatic rings. The fraction of sp³-hybridized carbons (Fsp3) is 0.286. The zero-order valence-electron chi connectivity index (χ0n) is 18.9. The van der Waals surface area contributed by atoms with Crippen LogP contribution in [0, 0.1) is 20.8 Å². The van der Waals surface area contributed by atoms with Crippen LogP contribution >= 0.6 is 0 Å². The number of hydrogen-bond acceptors (Lipinski definition) is 3. The lowest BCUT2D eigenvalue weighted by molar-refractivity contribution is 0.00777. The molecule has 5 heteroatoms. The van der Waals surface area contributed by atoms with Crippen LogP contribution in [0.5, 0.6) is 0 Å². The Hall–Kier alpha value is -3.34. The molecule has 1 fully saturated rings. The maximum Gasteiger partial charge on any atom is 0.248 e. The fourth-order valence-electron chi connectivity index (χ4n) is 5.28. The van der Waals surface area contributed by atoms with Crippen LogP contribution in [0.25, 0.3) is 44.1 Å². The lowest BCUT2D eigenvalue weighted by Gasteiger charge is -2.14. The van der Waals surface area contributed by atoms with E-state index in [1.54, 1.807) is 0 Å². The van der Waals surface area contributed by atoms with E-state index >= 15 is 0 Å². The van der Waals surface area contributed by atoms with E-state index < -0.39 is 5.92 Å². The number of rotatable bonds is 2. The van der Waals surface area contributed by atoms with E-state index in [-0.39, 0.29) is 18.8 Å². The second-order valence-electron chi connectivity index (χ2n) is 9.49. The van der Waals surface area contributed by atoms with Gasteiger partial charge in [-0.15, -0.1) is 0 Å². The van der Waals surface area contributed by atoms with Gasteiger partial charge in [-0.1, -0.05) is 18.2 Å². The lowest BCUT2D eigenvalue weighted by Crippen LogP contribution is -2.09. The van der Waals surface area contributed by atoms with Crippen molar-refractivity contribution in [1.82, 2.24) is 9.97 Å². The molecule has 0 aliphatic heterocycles. The van der Waals surface area contributed by atoms with Gasteiger partial charge >= 0.3 is 0 Å². The summed E-state index contributed by atoms with van der Waals surface area (Å²) in [7, 11) is 0. The summed E-state index contributed by atoms with van der Waals surface area (Å²) < 4.78 is 33.9. The normalized spacial score (nSPS) is 18.0. The molecule has 0 saturated heterocycles. The largest absolute Gasteiger partial charge is 0.437 e. The molecule has 0 N–H and O–H groups in total. The number of nitrogens with zero attached hydrogens (tertiary/aromatic N) is 2. The van der Waals surface area contributed by atoms with Crippen molar-refractivity contribution >= 4 is 32.8 Å². The van der Waals surface area contributed by atoms with E-state index in [9.17, 15) is 8.78 Å². The van der Waals surface area contributed by atoms with Gasteiger partial charge < -0.3 is 4.42 Å². The molecule has 1 atom stereocenters. The van der Waals surface area contributed by atoms with Crippen LogP contribution in [-0.4, -0.2) is 15.9 Å². The molecule has 0 spiro atoms. The number of fused-ring (bicyclic) bond motifs is 4. The van der Waals surface area contributed by atoms with Crippen molar-refractivity contribution in [3.8, 4) is 11.3 Å². The molecule has 5 aromatic rings. The van der Waals surface area contributed by atoms with Crippen LogP contribution in [0.15, 0.2) is 52.9 Å². The molecule has 1 unspecified atom stereocenters. The maximum atomic E-state index is 13.8. The first-order chi connectivity index (χ1) is 15.8. The van der Waals surface area contributed by atoms with Crippen molar-refractivity contribution in [3.05, 3.63) is 71.0 Å². The van der Waals surface area contributed by atoms with Gasteiger partial charge in [0.25, 0.3) is 0 Å². The Balaban J connectivity index is 1.57. The molecular formula is C28H24F2N2O. The van der Waals surface area contributed by atoms with E-state index in [1.165, 1.54) is 0 Å². The third-order valence-electron chi connectivity index (χ3n) is 6.84. The molecule has 3 heterocycles. The molecule has 6 rings (SSSR count). The first-order valence-corrected chi connectivity index (χ1v) is 11.4. The van der Waals surface area contributed by atoms with Gasteiger partial charge in [0.2, 0.25) is 11.6 Å². The predicted octanol–water partition coefficient (Wildman–Crippen LogP) is 8.02. The first kappa shape index (κ1) is 20.3. The monoisotopic (exact) mass is 442 g/mol. The zero-order chi connectivity index (χ0) is 22.9. The van der Waals surface area contributed by atoms with Crippen LogP contribution in [-0.2, 0) is 0 Å². The van der Waals surface area contributed by atoms with Gasteiger partial charge in [0.05, 0.1) is 5.69 Å². The van der Waals surface area contributed by atoms with Gasteiger partial charge in [0, 0.05) is 46.0 Å². The minimum absolute atomic E-state index is 0.0306. The van der Waals surface area contributed by atoms with Crippen LogP contribution in [0.4, 0.5) is 8.78 Å². The number of hydrogen-bond donors (Lipinski definition) is 0. The Bertz CT molecular complexity index is 1570. The standard InChI is InChI=1S/C28H24F2N2O/c1-15-10-23-22-6-4-16(2)32-27(22)33-26(23)24(11-15)25-21-7-5-18(13-20(21)12-17(3)31-25)19-8-9-28(29,30)14-19/h4-7,10-13,19H,8-9,14H2,1-3H3. The number of aryl methyl sites for hydroxylation is 3. The number of benzene rings is 2. The molecule has 3 nitrogen and oxygen atoms in total. The summed E-state index contributed by atoms with van der Waals surface area (Å²) in [5.41, 5.74) is 7.05. The molecule has 33 heavy (non-hydrogen) atoms. The second kappa shape index (κ2) is 7.08. The van der Waals surface area contributed by atoms with Gasteiger partial charge in [-0.2, -0.15) is 0 Å². The van der Waals surface area contributed by atoms with Crippen molar-refractivity contribution in [2.75, 3.05) is 0 Å². The van der Waals surface area contributed by atoms with E-state index in [2.05, 4.69) is 36.2 Å². The summed E-state index contributed by atoms with van der Waals surface area (Å²) in [5.74, 6) is -2.66. The van der Waals surface area contributed by atoms with Gasteiger partial charge in [-0.25, -0.2) is 13.8 Å². The topological polar surface area (TPSA) is 38.9 Å². The van der Waals surface area contributed by atoms with Crippen molar-refractivity contribution < 1.29 is 13.2 Å². The summed E-state index contributed by atoms with van der Waals surface area (Å²) in [6.45, 7) is 5.99. The van der Waals surface area contributed by atoms with E-state index in [0.29, 0.717) is 12.1 Å². The van der Waals surface area contributed by atoms with Gasteiger partial charge in [-0.3, -0.25) is 4.98 Å². The zero-order valence-corrected chi connectivity index (χ0v) is 18.9. The highest BCUT2D eigenvalue weighted by Crippen LogP contribution is 2.45. The summed E-state index contributed by atoms with van der Waals surface area (Å²) in [4.78, 5) is 9.48. The van der Waals surface area contributed by atoms with Crippen molar-refractivity contribution in [3.63, 3.8) is 0 Å². The molecule has 3 aromatic heterocycles. The molecule has 1 aliphatic carbocycles. The molecule has 166 valence electrons. The minimum Gasteiger partial charge on any atom is -0.437 e. The summed E-state index contributed by atoms with van der Waals surface area (Å²) in [6, 6.07) is 16.4. The quantitative estimate of drug-likeness (QED) is 0.278. The van der Waals surface area contributed by atoms with Crippen LogP contribution in [0.3, 0.4) is 0 Å². The van der Waals surface area contributed by atoms with E-state index in [4.69, 9.17) is 9.40 Å². The highest BCUT2D eigenvalue weighted by Gasteiger charge is 2.40. The third kappa shape index (κ3) is 3.38. The average Bonchev–Trinajstić information content (AvgIpc) is 3.31. The predicted molar refractivity (Wildman–Crippen MR) is 128 cm³/mol. The van der Waals surface area contributed by atoms with Crippen molar-refractivity contribution in [1.29, 1.82) is 0 Å². The van der Waals surface area contributed by atoms with Crippen LogP contribution < -0.4 is 0 Å². The number of pyridine rings is 2. The Morgan fingerprint density at radius 3 is 2.48 bits per heavy atom. The van der Waals surface area contributed by atoms with E-state index in [0.717, 1.165) is 60.9 Å². The van der Waals surface area contributed by atoms with Crippen LogP contribution in [0.2, 0.25) is 0 Å². The summed E-state index contributed by atoms with van der Waals surface area (Å²) >= 11 is 0. The first-order valence-electron chi connectivity index (χ1n) is 11.4. The number of alkyl halides is 2. The molecule has 0 radical (unpaired) electrons. The Labute approximate surface area is 190 Å². The highest BCUT2D eigenvalue weighted by atomic mass is 19.3. The molecule has 0 amide bonds. The summed E-state index contributed by atoms with van der Waals surface area (Å²) in [5, 5.41) is 4.02. The second-order valence-corrected chi connectivity index (χ2v) is 9.49. The number of furan rings is 1. The smallest absolute Gasteiger partial charge is 0.248 e. The maximum absolute atomic E-state index is 13.8. The highest BCUT2D eigenvalue weighted by molar-refractivity contribution is 6.11. The molecular weight excluding hydrogens is 418 g/mol. The van der Waals surface area contributed by atoms with Gasteiger partial charge in [0.1, 0.15) is 5.58 Å². The number of aromatic nitrogens is 2. The third-order valence-corrected chi connectivity index (χ3v) is 6.84. The molecule has 2 aromatic carbocycles. The Morgan fingerprint density at radius 2 is 1.70 bits per heavy atom. The fourth-order valence-corrected chi connectivity index (χ4v) is 5.28. The van der Waals surface area contributed by atoms with Gasteiger partial charge in [0.15, 0.2) is 0 Å². The molecule has 0 bridgehead atoms. The minimum atomic E-state index is -2.56. The van der Waals surface area contributed by atoms with Crippen LogP contribution in [0.1, 0.15) is 47.7 Å². The van der Waals surface area contributed by atoms with Crippen molar-refractivity contribution in [2.45, 2.75) is 51.9 Å². The average molecular weight is 443 g/mol. The van der Waals surface area contributed by atoms with E-state index in [1.807, 2.05) is 38.1 Å². The van der Waals surface area contributed by atoms with Gasteiger partial charge in [-0.05, 0) is 80.0 Å². The SMILES string of the molecule is Cc1cc(-c2nc(C)cc3cc(C4CCC(F)(F)C4)ccc23)c2oc3nc(C)ccc3c2c1. The van der Waals surface area contributed by atoms with Crippen molar-refractivity contribution in [2.24, 2.45) is 0 Å². The Morgan fingerprint density at radius 1 is 0.879 bits per heavy atom. The molecule has 1 saturated carbocycles. The summed E-state index contributed by atoms with van der Waals surface area (Å²) in [6.07, 6.45) is 0.426. The number of halogens is 2.